The minimum Gasteiger partial charge on any atom is -0.381 e. The molecule has 0 spiro atoms. The van der Waals surface area contributed by atoms with Crippen molar-refractivity contribution in [3.8, 4) is 0 Å². The lowest BCUT2D eigenvalue weighted by molar-refractivity contribution is -0.140. The maximum atomic E-state index is 13.0. The van der Waals surface area contributed by atoms with Crippen molar-refractivity contribution in [1.29, 1.82) is 0 Å². The lowest BCUT2D eigenvalue weighted by atomic mass is 9.98. The van der Waals surface area contributed by atoms with Gasteiger partial charge >= 0.3 is 0 Å². The molecule has 0 aliphatic carbocycles. The summed E-state index contributed by atoms with van der Waals surface area (Å²) in [4.78, 5) is 19.9. The van der Waals surface area contributed by atoms with Gasteiger partial charge in [0.1, 0.15) is 6.17 Å². The van der Waals surface area contributed by atoms with Gasteiger partial charge in [0.05, 0.1) is 11.4 Å². The standard InChI is InChI=1S/C30H33ClN4O2/c31-26-9-6-23(7-10-26)29-27(35-20-25(8-11-28(35)32-29)22-4-2-1-3-5-22)21-33-14-16-34(17-15-33)30(36)24-12-18-37-19-13-24/h1-11,20,24,28,32H,12-19,21H2. The molecule has 2 saturated heterocycles. The van der Waals surface area contributed by atoms with E-state index in [-0.39, 0.29) is 12.1 Å². The van der Waals surface area contributed by atoms with Crippen LogP contribution >= 0.6 is 11.6 Å². The quantitative estimate of drug-likeness (QED) is 0.637. The average Bonchev–Trinajstić information content (AvgIpc) is 3.32. The van der Waals surface area contributed by atoms with Crippen molar-refractivity contribution in [3.63, 3.8) is 0 Å². The Balaban J connectivity index is 1.22. The lowest BCUT2D eigenvalue weighted by Gasteiger charge is -2.38. The van der Waals surface area contributed by atoms with E-state index < -0.39 is 0 Å². The molecule has 37 heavy (non-hydrogen) atoms. The van der Waals surface area contributed by atoms with Gasteiger partial charge in [0.25, 0.3) is 0 Å². The van der Waals surface area contributed by atoms with E-state index in [9.17, 15) is 4.79 Å². The van der Waals surface area contributed by atoms with Crippen molar-refractivity contribution >= 4 is 28.8 Å². The first kappa shape index (κ1) is 24.3. The molecule has 6 rings (SSSR count). The molecule has 0 saturated carbocycles. The van der Waals surface area contributed by atoms with Gasteiger partial charge in [-0.25, -0.2) is 0 Å². The third-order valence-electron chi connectivity index (χ3n) is 7.80. The van der Waals surface area contributed by atoms with Gasteiger partial charge in [-0.2, -0.15) is 0 Å². The van der Waals surface area contributed by atoms with E-state index >= 15 is 0 Å². The van der Waals surface area contributed by atoms with Gasteiger partial charge in [0.2, 0.25) is 5.91 Å². The molecule has 1 unspecified atom stereocenters. The topological polar surface area (TPSA) is 48.1 Å². The number of benzene rings is 2. The van der Waals surface area contributed by atoms with Crippen LogP contribution in [0.5, 0.6) is 0 Å². The SMILES string of the molecule is O=C(C1CCOCC1)N1CCN(CC2=C(c3ccc(Cl)cc3)NC3C=CC(c4ccccc4)=CN23)CC1. The first-order valence-corrected chi connectivity index (χ1v) is 13.6. The van der Waals surface area contributed by atoms with Crippen LogP contribution in [0.3, 0.4) is 0 Å². The molecule has 7 heteroatoms. The van der Waals surface area contributed by atoms with Gasteiger partial charge in [0.15, 0.2) is 0 Å². The fourth-order valence-corrected chi connectivity index (χ4v) is 5.78. The fourth-order valence-electron chi connectivity index (χ4n) is 5.65. The van der Waals surface area contributed by atoms with E-state index in [0.29, 0.717) is 19.1 Å². The highest BCUT2D eigenvalue weighted by Crippen LogP contribution is 2.34. The van der Waals surface area contributed by atoms with E-state index in [2.05, 4.69) is 74.8 Å². The van der Waals surface area contributed by atoms with Crippen molar-refractivity contribution in [2.75, 3.05) is 45.9 Å². The molecule has 2 fully saturated rings. The highest BCUT2D eigenvalue weighted by atomic mass is 35.5. The normalized spacial score (nSPS) is 22.6. The second kappa shape index (κ2) is 10.7. The summed E-state index contributed by atoms with van der Waals surface area (Å²) in [5.74, 6) is 0.434. The second-order valence-corrected chi connectivity index (χ2v) is 10.6. The van der Waals surface area contributed by atoms with Gasteiger partial charge in [-0.1, -0.05) is 60.1 Å². The van der Waals surface area contributed by atoms with Crippen LogP contribution in [0.15, 0.2) is 78.6 Å². The second-order valence-electron chi connectivity index (χ2n) is 10.1. The number of allylic oxidation sites excluding steroid dienone is 2. The maximum absolute atomic E-state index is 13.0. The molecule has 0 bridgehead atoms. The highest BCUT2D eigenvalue weighted by Gasteiger charge is 2.34. The first-order valence-electron chi connectivity index (χ1n) is 13.2. The predicted molar refractivity (Wildman–Crippen MR) is 147 cm³/mol. The largest absolute Gasteiger partial charge is 0.381 e. The monoisotopic (exact) mass is 516 g/mol. The van der Waals surface area contributed by atoms with Crippen molar-refractivity contribution in [1.82, 2.24) is 20.0 Å². The number of hydrogen-bond acceptors (Lipinski definition) is 5. The molecule has 0 aromatic heterocycles. The van der Waals surface area contributed by atoms with Crippen LogP contribution < -0.4 is 5.32 Å². The van der Waals surface area contributed by atoms with Crippen LogP contribution in [0.25, 0.3) is 11.3 Å². The Morgan fingerprint density at radius 3 is 2.41 bits per heavy atom. The summed E-state index contributed by atoms with van der Waals surface area (Å²) in [5.41, 5.74) is 5.91. The Hall–Kier alpha value is -3.06. The zero-order valence-corrected chi connectivity index (χ0v) is 21.7. The van der Waals surface area contributed by atoms with E-state index in [1.807, 2.05) is 18.2 Å². The number of nitrogens with zero attached hydrogens (tertiary/aromatic N) is 3. The number of hydrogen-bond donors (Lipinski definition) is 1. The molecule has 6 nitrogen and oxygen atoms in total. The molecule has 2 aromatic carbocycles. The van der Waals surface area contributed by atoms with E-state index in [1.54, 1.807) is 0 Å². The Labute approximate surface area is 223 Å². The summed E-state index contributed by atoms with van der Waals surface area (Å²) in [5, 5.41) is 4.47. The zero-order valence-electron chi connectivity index (χ0n) is 21.0. The van der Waals surface area contributed by atoms with Crippen molar-refractivity contribution in [2.45, 2.75) is 19.0 Å². The highest BCUT2D eigenvalue weighted by molar-refractivity contribution is 6.30. The maximum Gasteiger partial charge on any atom is 0.225 e. The summed E-state index contributed by atoms with van der Waals surface area (Å²) in [7, 11) is 0. The zero-order chi connectivity index (χ0) is 25.2. The van der Waals surface area contributed by atoms with Gasteiger partial charge in [-0.3, -0.25) is 9.69 Å². The van der Waals surface area contributed by atoms with Crippen LogP contribution in [-0.4, -0.2) is 72.7 Å². The number of amides is 1. The Bertz CT molecular complexity index is 1210. The van der Waals surface area contributed by atoms with E-state index in [0.717, 1.165) is 61.8 Å². The minimum atomic E-state index is 0.0736. The van der Waals surface area contributed by atoms with Crippen molar-refractivity contribution in [2.24, 2.45) is 5.92 Å². The van der Waals surface area contributed by atoms with Crippen molar-refractivity contribution < 1.29 is 9.53 Å². The van der Waals surface area contributed by atoms with Gasteiger partial charge in [-0.15, -0.1) is 0 Å². The Kier molecular flexibility index (Phi) is 7.05. The van der Waals surface area contributed by atoms with E-state index in [4.69, 9.17) is 16.3 Å². The van der Waals surface area contributed by atoms with Gasteiger partial charge < -0.3 is 19.9 Å². The molecular weight excluding hydrogens is 484 g/mol. The summed E-state index contributed by atoms with van der Waals surface area (Å²) >= 11 is 6.20. The van der Waals surface area contributed by atoms with Crippen LogP contribution in [0, 0.1) is 5.92 Å². The average molecular weight is 517 g/mol. The molecule has 4 heterocycles. The summed E-state index contributed by atoms with van der Waals surface area (Å²) in [6.45, 7) is 5.52. The predicted octanol–water partition coefficient (Wildman–Crippen LogP) is 4.42. The number of ether oxygens (including phenoxy) is 1. The molecule has 1 N–H and O–H groups in total. The summed E-state index contributed by atoms with van der Waals surface area (Å²) < 4.78 is 5.45. The number of piperazine rings is 1. The first-order chi connectivity index (χ1) is 18.2. The van der Waals surface area contributed by atoms with E-state index in [1.165, 1.54) is 16.8 Å². The number of halogens is 1. The van der Waals surface area contributed by atoms with Crippen LogP contribution in [0.4, 0.5) is 0 Å². The molecule has 4 aliphatic heterocycles. The number of nitrogens with one attached hydrogen (secondary N) is 1. The van der Waals surface area contributed by atoms with Crippen LogP contribution in [0.1, 0.15) is 24.0 Å². The molecule has 1 amide bonds. The Morgan fingerprint density at radius 2 is 1.68 bits per heavy atom. The smallest absolute Gasteiger partial charge is 0.225 e. The third kappa shape index (κ3) is 5.19. The molecule has 2 aromatic rings. The summed E-state index contributed by atoms with van der Waals surface area (Å²) in [6.07, 6.45) is 8.47. The van der Waals surface area contributed by atoms with Gasteiger partial charge in [-0.05, 0) is 47.8 Å². The Morgan fingerprint density at radius 1 is 0.946 bits per heavy atom. The number of rotatable bonds is 5. The van der Waals surface area contributed by atoms with Crippen molar-refractivity contribution in [3.05, 3.63) is 94.8 Å². The molecule has 4 aliphatic rings. The number of fused-ring (bicyclic) bond motifs is 1. The lowest BCUT2D eigenvalue weighted by Crippen LogP contribution is -2.51. The van der Waals surface area contributed by atoms with Crippen LogP contribution in [0.2, 0.25) is 5.02 Å². The molecular formula is C30H33ClN4O2. The molecule has 192 valence electrons. The minimum absolute atomic E-state index is 0.0736. The third-order valence-corrected chi connectivity index (χ3v) is 8.05. The fraction of sp³-hybridized carbons (Fsp3) is 0.367. The molecule has 0 radical (unpaired) electrons. The number of carbonyl (C=O) groups excluding carboxylic acids is 1. The van der Waals surface area contributed by atoms with Gasteiger partial charge in [0, 0.05) is 63.1 Å². The number of carbonyl (C=O) groups is 1. The summed E-state index contributed by atoms with van der Waals surface area (Å²) in [6, 6.07) is 18.6. The molecule has 1 atom stereocenters. The van der Waals surface area contributed by atoms with Crippen LogP contribution in [-0.2, 0) is 9.53 Å².